The first-order chi connectivity index (χ1) is 26.5. The predicted molar refractivity (Wildman–Crippen MR) is 214 cm³/mol. The first-order valence-electron chi connectivity index (χ1n) is 19.1. The first kappa shape index (κ1) is 40.3. The molecular formula is C39H52N6O8S2. The van der Waals surface area contributed by atoms with Crippen LogP contribution in [-0.2, 0) is 26.2 Å². The van der Waals surface area contributed by atoms with Crippen LogP contribution in [0.1, 0.15) is 58.9 Å². The molecule has 0 atom stereocenters. The molecule has 2 aliphatic heterocycles. The molecule has 0 saturated carbocycles. The van der Waals surface area contributed by atoms with E-state index in [4.69, 9.17) is 18.3 Å². The summed E-state index contributed by atoms with van der Waals surface area (Å²) in [6, 6.07) is 17.2. The van der Waals surface area contributed by atoms with Gasteiger partial charge in [-0.2, -0.15) is 9.97 Å². The highest BCUT2D eigenvalue weighted by Crippen LogP contribution is 2.28. The van der Waals surface area contributed by atoms with Gasteiger partial charge in [-0.05, 0) is 107 Å². The Morgan fingerprint density at radius 3 is 1.62 bits per heavy atom. The lowest BCUT2D eigenvalue weighted by Crippen LogP contribution is -2.38. The van der Waals surface area contributed by atoms with Crippen molar-refractivity contribution in [3.8, 4) is 11.5 Å². The molecule has 2 saturated heterocycles. The van der Waals surface area contributed by atoms with E-state index < -0.39 is 19.7 Å². The summed E-state index contributed by atoms with van der Waals surface area (Å²) in [5.74, 6) is 1.82. The van der Waals surface area contributed by atoms with Crippen molar-refractivity contribution < 1.29 is 35.1 Å². The minimum atomic E-state index is -3.28. The topological polar surface area (TPSA) is 178 Å². The molecule has 55 heavy (non-hydrogen) atoms. The number of fused-ring (bicyclic) bond motifs is 2. The van der Waals surface area contributed by atoms with Gasteiger partial charge in [-0.25, -0.2) is 16.8 Å². The van der Waals surface area contributed by atoms with Gasteiger partial charge in [-0.1, -0.05) is 13.8 Å². The van der Waals surface area contributed by atoms with E-state index >= 15 is 0 Å². The van der Waals surface area contributed by atoms with Crippen molar-refractivity contribution in [2.24, 2.45) is 0 Å². The Hall–Kier alpha value is -4.38. The molecule has 2 fully saturated rings. The zero-order valence-electron chi connectivity index (χ0n) is 32.0. The van der Waals surface area contributed by atoms with Crippen LogP contribution in [-0.4, -0.2) is 94.7 Å². The lowest BCUT2D eigenvalue weighted by molar-refractivity contribution is 0.209. The molecule has 2 aliphatic rings. The number of likely N-dealkylation sites (tertiary alicyclic amines) is 1. The normalized spacial score (nSPS) is 16.1. The summed E-state index contributed by atoms with van der Waals surface area (Å²) >= 11 is 0. The van der Waals surface area contributed by atoms with Gasteiger partial charge in [-0.3, -0.25) is 4.90 Å². The van der Waals surface area contributed by atoms with Crippen LogP contribution in [0.15, 0.2) is 73.2 Å². The highest BCUT2D eigenvalue weighted by Gasteiger charge is 2.22. The van der Waals surface area contributed by atoms with E-state index in [2.05, 4.69) is 43.0 Å². The average Bonchev–Trinajstić information content (AvgIpc) is 3.78. The minimum absolute atomic E-state index is 0.0584. The Kier molecular flexibility index (Phi) is 13.2. The number of ether oxygens (including phenoxy) is 2. The van der Waals surface area contributed by atoms with Crippen LogP contribution in [0.3, 0.4) is 0 Å². The van der Waals surface area contributed by atoms with Gasteiger partial charge in [0.05, 0.1) is 34.5 Å². The Balaban J connectivity index is 0.000000209. The van der Waals surface area contributed by atoms with Crippen molar-refractivity contribution in [2.75, 3.05) is 61.5 Å². The molecule has 0 amide bonds. The fourth-order valence-corrected chi connectivity index (χ4v) is 8.49. The van der Waals surface area contributed by atoms with Crippen LogP contribution in [0.2, 0.25) is 0 Å². The number of sulfone groups is 2. The summed E-state index contributed by atoms with van der Waals surface area (Å²) in [5, 5.41) is 9.96. The van der Waals surface area contributed by atoms with Gasteiger partial charge in [0, 0.05) is 37.8 Å². The number of hydrogen-bond acceptors (Lipinski definition) is 14. The van der Waals surface area contributed by atoms with Crippen LogP contribution in [0.5, 0.6) is 11.5 Å². The highest BCUT2D eigenvalue weighted by atomic mass is 32.2. The SMILES string of the molecule is CCOc1cc(CN2CCC(Nc3nc4cc(S(=O)(=O)CC)ccc4o3)CC2)cc(OCC)c1.CCS(=O)(=O)c1ccc2oc(NC3CCNCC3)nc2c1. The van der Waals surface area contributed by atoms with Gasteiger partial charge >= 0.3 is 0 Å². The lowest BCUT2D eigenvalue weighted by atomic mass is 10.0. The van der Waals surface area contributed by atoms with Crippen LogP contribution in [0.4, 0.5) is 12.0 Å². The summed E-state index contributed by atoms with van der Waals surface area (Å²) in [5.41, 5.74) is 3.48. The maximum absolute atomic E-state index is 12.1. The number of piperidine rings is 2. The summed E-state index contributed by atoms with van der Waals surface area (Å²) in [6.45, 7) is 13.2. The molecular weight excluding hydrogens is 745 g/mol. The van der Waals surface area contributed by atoms with E-state index in [0.717, 1.165) is 69.9 Å². The molecule has 5 aromatic rings. The molecule has 0 spiro atoms. The van der Waals surface area contributed by atoms with Crippen molar-refractivity contribution in [3.63, 3.8) is 0 Å². The molecule has 298 valence electrons. The number of nitrogens with zero attached hydrogens (tertiary/aromatic N) is 3. The second kappa shape index (κ2) is 18.0. The zero-order chi connectivity index (χ0) is 39.0. The summed E-state index contributed by atoms with van der Waals surface area (Å²) in [7, 11) is -6.49. The zero-order valence-corrected chi connectivity index (χ0v) is 33.6. The number of anilines is 2. The summed E-state index contributed by atoms with van der Waals surface area (Å²) < 4.78 is 70.9. The molecule has 0 radical (unpaired) electrons. The van der Waals surface area contributed by atoms with Crippen LogP contribution >= 0.6 is 0 Å². The highest BCUT2D eigenvalue weighted by molar-refractivity contribution is 7.91. The molecule has 7 rings (SSSR count). The summed E-state index contributed by atoms with van der Waals surface area (Å²) in [6.07, 6.45) is 3.96. The standard InChI is InChI=1S/C25H33N3O5S.C14H19N3O3S/c1-4-31-20-13-18(14-21(15-20)32-5-2)17-28-11-9-19(10-12-28)26-25-27-23-16-22(34(29,30)6-3)7-8-24(23)33-25;1-2-21(18,19)11-3-4-13-12(9-11)17-14(20-13)16-10-5-7-15-8-6-10/h7-8,13-16,19H,4-6,9-12,17H2,1-3H3,(H,26,27);3-4,9-10,15H,2,5-8H2,1H3,(H,16,17). The molecule has 4 heterocycles. The van der Waals surface area contributed by atoms with Gasteiger partial charge in [0.15, 0.2) is 30.8 Å². The third-order valence-electron chi connectivity index (χ3n) is 9.75. The predicted octanol–water partition coefficient (Wildman–Crippen LogP) is 6.28. The van der Waals surface area contributed by atoms with Gasteiger partial charge < -0.3 is 34.3 Å². The third kappa shape index (κ3) is 10.5. The van der Waals surface area contributed by atoms with E-state index in [-0.39, 0.29) is 22.4 Å². The maximum atomic E-state index is 12.1. The second-order valence-corrected chi connectivity index (χ2v) is 18.2. The molecule has 3 N–H and O–H groups in total. The van der Waals surface area contributed by atoms with Crippen LogP contribution in [0.25, 0.3) is 22.2 Å². The summed E-state index contributed by atoms with van der Waals surface area (Å²) in [4.78, 5) is 11.8. The Labute approximate surface area is 323 Å². The third-order valence-corrected chi connectivity index (χ3v) is 13.2. The van der Waals surface area contributed by atoms with Crippen molar-refractivity contribution >= 4 is 53.9 Å². The number of rotatable bonds is 14. The van der Waals surface area contributed by atoms with Crippen molar-refractivity contribution in [2.45, 2.75) is 81.8 Å². The largest absolute Gasteiger partial charge is 0.494 e. The number of benzene rings is 3. The molecule has 14 nitrogen and oxygen atoms in total. The Bertz CT molecular complexity index is 2240. The van der Waals surface area contributed by atoms with Gasteiger partial charge in [0.2, 0.25) is 0 Å². The van der Waals surface area contributed by atoms with E-state index in [1.807, 2.05) is 19.9 Å². The quantitative estimate of drug-likeness (QED) is 0.114. The van der Waals surface area contributed by atoms with E-state index in [1.54, 1.807) is 50.2 Å². The molecule has 3 aromatic carbocycles. The molecule has 0 unspecified atom stereocenters. The number of nitrogens with one attached hydrogen (secondary N) is 3. The van der Waals surface area contributed by atoms with E-state index in [0.29, 0.717) is 58.4 Å². The van der Waals surface area contributed by atoms with Gasteiger partial charge in [0.1, 0.15) is 22.5 Å². The van der Waals surface area contributed by atoms with E-state index in [9.17, 15) is 16.8 Å². The minimum Gasteiger partial charge on any atom is -0.494 e. The van der Waals surface area contributed by atoms with Gasteiger partial charge in [0.25, 0.3) is 12.0 Å². The van der Waals surface area contributed by atoms with Crippen molar-refractivity contribution in [1.29, 1.82) is 0 Å². The van der Waals surface area contributed by atoms with Crippen molar-refractivity contribution in [3.05, 3.63) is 60.2 Å². The smallest absolute Gasteiger partial charge is 0.295 e. The molecule has 16 heteroatoms. The van der Waals surface area contributed by atoms with Crippen molar-refractivity contribution in [1.82, 2.24) is 20.2 Å². The molecule has 2 aromatic heterocycles. The first-order valence-corrected chi connectivity index (χ1v) is 22.4. The Morgan fingerprint density at radius 1 is 0.691 bits per heavy atom. The number of oxazole rings is 2. The maximum Gasteiger partial charge on any atom is 0.295 e. The average molecular weight is 797 g/mol. The fourth-order valence-electron chi connectivity index (χ4n) is 6.69. The Morgan fingerprint density at radius 2 is 1.16 bits per heavy atom. The van der Waals surface area contributed by atoms with E-state index in [1.165, 1.54) is 5.56 Å². The lowest BCUT2D eigenvalue weighted by Gasteiger charge is -2.32. The van der Waals surface area contributed by atoms with Gasteiger partial charge in [-0.15, -0.1) is 0 Å². The monoisotopic (exact) mass is 796 g/mol. The van der Waals surface area contributed by atoms with Crippen LogP contribution in [0, 0.1) is 0 Å². The number of hydrogen-bond donors (Lipinski definition) is 3. The molecule has 0 aliphatic carbocycles. The second-order valence-electron chi connectivity index (χ2n) is 13.6. The fraction of sp³-hybridized carbons (Fsp3) is 0.487. The number of aromatic nitrogens is 2. The molecule has 0 bridgehead atoms. The van der Waals surface area contributed by atoms with Crippen LogP contribution < -0.4 is 25.4 Å².